The van der Waals surface area contributed by atoms with Crippen molar-refractivity contribution in [3.63, 3.8) is 0 Å². The first kappa shape index (κ1) is 32.8. The van der Waals surface area contributed by atoms with Gasteiger partial charge in [0.05, 0.1) is 38.7 Å². The number of carbonyl (C=O) groups is 1. The molecule has 2 aliphatic heterocycles. The lowest BCUT2D eigenvalue weighted by molar-refractivity contribution is 0.0622. The Morgan fingerprint density at radius 2 is 1.56 bits per heavy atom. The highest BCUT2D eigenvalue weighted by Crippen LogP contribution is 2.39. The summed E-state index contributed by atoms with van der Waals surface area (Å²) in [6.45, 7) is 0. The average molecular weight is 826 g/mol. The van der Waals surface area contributed by atoms with Crippen molar-refractivity contribution in [2.75, 3.05) is 15.6 Å². The molecule has 2 atom stereocenters. The Labute approximate surface area is 310 Å². The number of hydrogen-bond acceptors (Lipinski definition) is 6. The smallest absolute Gasteiger partial charge is 0.276 e. The Kier molecular flexibility index (Phi) is 9.58. The molecule has 0 spiro atoms. The number of nitrogens with zero attached hydrogens (tertiary/aromatic N) is 3. The van der Waals surface area contributed by atoms with Gasteiger partial charge in [0.15, 0.2) is 0 Å². The highest BCUT2D eigenvalue weighted by atomic mass is 79.9. The monoisotopic (exact) mass is 822 g/mol. The lowest BCUT2D eigenvalue weighted by Crippen LogP contribution is -2.58. The van der Waals surface area contributed by atoms with Crippen LogP contribution in [0.5, 0.6) is 0 Å². The molecule has 3 N–H and O–H groups in total. The number of hydrazine groups is 1. The van der Waals surface area contributed by atoms with Gasteiger partial charge in [-0.1, -0.05) is 105 Å². The van der Waals surface area contributed by atoms with Crippen molar-refractivity contribution in [3.8, 4) is 0 Å². The molecule has 0 fully saturated rings. The molecule has 0 aromatic heterocycles. The molecule has 2 aliphatic rings. The van der Waals surface area contributed by atoms with E-state index >= 15 is 0 Å². The third kappa shape index (κ3) is 6.75. The zero-order valence-electron chi connectivity index (χ0n) is 25.1. The first-order valence-corrected chi connectivity index (χ1v) is 17.8. The van der Waals surface area contributed by atoms with Crippen molar-refractivity contribution in [1.29, 1.82) is 0 Å². The number of hydrogen-bond donors (Lipinski definition) is 3. The lowest BCUT2D eigenvalue weighted by atomic mass is 10.0. The number of para-hydroxylation sites is 3. The van der Waals surface area contributed by atoms with Crippen molar-refractivity contribution in [1.82, 2.24) is 10.4 Å². The number of hydrazone groups is 1. The van der Waals surface area contributed by atoms with Crippen molar-refractivity contribution < 1.29 is 4.79 Å². The van der Waals surface area contributed by atoms with E-state index in [0.29, 0.717) is 50.7 Å². The average Bonchev–Trinajstić information content (AvgIpc) is 3.50. The molecule has 7 rings (SSSR count). The summed E-state index contributed by atoms with van der Waals surface area (Å²) in [7, 11) is 0. The van der Waals surface area contributed by atoms with E-state index in [2.05, 4.69) is 47.9 Å². The zero-order chi connectivity index (χ0) is 33.4. The summed E-state index contributed by atoms with van der Waals surface area (Å²) >= 11 is 26.5. The number of halogens is 5. The van der Waals surface area contributed by atoms with Crippen molar-refractivity contribution >= 4 is 101 Å². The summed E-state index contributed by atoms with van der Waals surface area (Å²) in [5.74, 6) is 0.449. The summed E-state index contributed by atoms with van der Waals surface area (Å²) in [4.78, 5) is 14.4. The molecule has 0 bridgehead atoms. The maximum Gasteiger partial charge on any atom is 0.276 e. The van der Waals surface area contributed by atoms with E-state index in [1.54, 1.807) is 23.2 Å². The first-order valence-electron chi connectivity index (χ1n) is 15.1. The number of amidine groups is 1. The quantitative estimate of drug-likeness (QED) is 0.152. The molecule has 1 amide bonds. The van der Waals surface area contributed by atoms with Crippen LogP contribution in [0.3, 0.4) is 0 Å². The Hall–Kier alpha value is -3.73. The summed E-state index contributed by atoms with van der Waals surface area (Å²) < 4.78 is 1.56. The Bertz CT molecular complexity index is 2010. The molecule has 5 aromatic carbocycles. The number of anilines is 4. The second kappa shape index (κ2) is 14.0. The van der Waals surface area contributed by atoms with E-state index in [4.69, 9.17) is 39.9 Å². The number of nitrogens with one attached hydrogen (secondary N) is 3. The van der Waals surface area contributed by atoms with Crippen LogP contribution in [-0.4, -0.2) is 22.9 Å². The minimum absolute atomic E-state index is 0.112. The molecule has 12 heteroatoms. The second-order valence-corrected chi connectivity index (χ2v) is 14.4. The van der Waals surface area contributed by atoms with Crippen LogP contribution in [0, 0.1) is 0 Å². The van der Waals surface area contributed by atoms with Crippen LogP contribution < -0.4 is 21.1 Å². The largest absolute Gasteiger partial charge is 0.362 e. The summed E-state index contributed by atoms with van der Waals surface area (Å²) in [5, 5.41) is 17.3. The highest BCUT2D eigenvalue weighted by molar-refractivity contribution is 9.11. The van der Waals surface area contributed by atoms with Crippen LogP contribution in [0.25, 0.3) is 0 Å². The third-order valence-corrected chi connectivity index (χ3v) is 10.2. The van der Waals surface area contributed by atoms with E-state index in [9.17, 15) is 4.79 Å². The van der Waals surface area contributed by atoms with E-state index < -0.39 is 6.17 Å². The second-order valence-electron chi connectivity index (χ2n) is 11.3. The van der Waals surface area contributed by atoms with Crippen LogP contribution in [-0.2, 0) is 6.42 Å². The fraction of sp³-hybridized carbons (Fsp3) is 0.111. The number of carbonyl (C=O) groups excluding carboxylic acids is 1. The number of fused-ring (bicyclic) bond motifs is 1. The van der Waals surface area contributed by atoms with Gasteiger partial charge in [-0.25, -0.2) is 5.01 Å². The third-order valence-electron chi connectivity index (χ3n) is 8.22. The summed E-state index contributed by atoms with van der Waals surface area (Å²) in [6.07, 6.45) is 0.461. The minimum Gasteiger partial charge on any atom is -0.362 e. The van der Waals surface area contributed by atoms with Crippen LogP contribution in [0.2, 0.25) is 15.1 Å². The summed E-state index contributed by atoms with van der Waals surface area (Å²) in [6, 6.07) is 34.7. The normalized spacial score (nSPS) is 17.1. The number of rotatable bonds is 7. The minimum atomic E-state index is -0.505. The molecule has 0 saturated heterocycles. The van der Waals surface area contributed by atoms with Gasteiger partial charge in [-0.2, -0.15) is 5.10 Å². The summed E-state index contributed by atoms with van der Waals surface area (Å²) in [5.41, 5.74) is 9.02. The molecule has 242 valence electrons. The maximum atomic E-state index is 14.4. The van der Waals surface area contributed by atoms with E-state index in [1.165, 1.54) is 0 Å². The Morgan fingerprint density at radius 1 is 0.854 bits per heavy atom. The predicted octanol–water partition coefficient (Wildman–Crippen LogP) is 10.8. The fourth-order valence-corrected chi connectivity index (χ4v) is 7.88. The van der Waals surface area contributed by atoms with E-state index in [-0.39, 0.29) is 11.9 Å². The number of amides is 1. The predicted molar refractivity (Wildman–Crippen MR) is 204 cm³/mol. The Morgan fingerprint density at radius 3 is 2.31 bits per heavy atom. The van der Waals surface area contributed by atoms with Gasteiger partial charge in [-0.05, 0) is 81.7 Å². The SMILES string of the molecule is O=C1c2cc(Br)cc(Br)c2NC(Cc2ccccc2Nc2c(Cl)cccc2Cl)N1NC1=NN(c2ccccc2)C(c2ccc(Cl)cc2)C1. The zero-order valence-corrected chi connectivity index (χ0v) is 30.5. The van der Waals surface area contributed by atoms with Gasteiger partial charge in [0, 0.05) is 32.5 Å². The molecule has 0 aliphatic carbocycles. The van der Waals surface area contributed by atoms with Crippen molar-refractivity contribution in [3.05, 3.63) is 150 Å². The molecule has 5 aromatic rings. The molecule has 48 heavy (non-hydrogen) atoms. The molecule has 0 saturated carbocycles. The van der Waals surface area contributed by atoms with Gasteiger partial charge in [-0.3, -0.25) is 15.2 Å². The molecule has 0 radical (unpaired) electrons. The Balaban J connectivity index is 1.24. The molecule has 2 heterocycles. The molecule has 7 nitrogen and oxygen atoms in total. The van der Waals surface area contributed by atoms with Gasteiger partial charge in [0.2, 0.25) is 0 Å². The van der Waals surface area contributed by atoms with Crippen LogP contribution >= 0.6 is 66.7 Å². The van der Waals surface area contributed by atoms with Gasteiger partial charge in [0.1, 0.15) is 12.0 Å². The van der Waals surface area contributed by atoms with Gasteiger partial charge < -0.3 is 10.6 Å². The fourth-order valence-electron chi connectivity index (χ4n) is 5.92. The van der Waals surface area contributed by atoms with E-state index in [1.807, 2.05) is 96.0 Å². The maximum absolute atomic E-state index is 14.4. The number of benzene rings is 5. The molecule has 2 unspecified atom stereocenters. The topological polar surface area (TPSA) is 72.0 Å². The van der Waals surface area contributed by atoms with Gasteiger partial charge in [0.25, 0.3) is 5.91 Å². The van der Waals surface area contributed by atoms with E-state index in [0.717, 1.165) is 31.4 Å². The standard InChI is InChI=1S/C36H27Br2Cl3N6O/c37-23-18-26-34(27(38)19-23)43-33(17-22-7-4-5-12-30(22)42-35-28(40)10-6-11-29(35)41)47(36(26)48)45-32-20-31(21-13-15-24(39)16-14-21)46(44-32)25-8-2-1-3-9-25/h1-16,18-19,31,33,42-43H,17,20H2,(H,44,45). The van der Waals surface area contributed by atoms with Crippen LogP contribution in [0.4, 0.5) is 22.7 Å². The lowest BCUT2D eigenvalue weighted by Gasteiger charge is -2.39. The highest BCUT2D eigenvalue weighted by Gasteiger charge is 2.37. The first-order chi connectivity index (χ1) is 23.2. The van der Waals surface area contributed by atoms with Gasteiger partial charge >= 0.3 is 0 Å². The van der Waals surface area contributed by atoms with Crippen molar-refractivity contribution in [2.24, 2.45) is 5.10 Å². The van der Waals surface area contributed by atoms with Crippen LogP contribution in [0.1, 0.15) is 33.9 Å². The van der Waals surface area contributed by atoms with Gasteiger partial charge in [-0.15, -0.1) is 0 Å². The molecular weight excluding hydrogens is 799 g/mol. The van der Waals surface area contributed by atoms with Crippen LogP contribution in [0.15, 0.2) is 123 Å². The molecular formula is C36H27Br2Cl3N6O. The van der Waals surface area contributed by atoms with Crippen molar-refractivity contribution in [2.45, 2.75) is 25.0 Å².